The first-order chi connectivity index (χ1) is 9.79. The Hall–Kier alpha value is -0.530. The van der Waals surface area contributed by atoms with Gasteiger partial charge >= 0.3 is 0 Å². The van der Waals surface area contributed by atoms with Crippen LogP contribution < -0.4 is 5.32 Å². The zero-order chi connectivity index (χ0) is 15.6. The van der Waals surface area contributed by atoms with Crippen molar-refractivity contribution in [3.05, 3.63) is 27.7 Å². The van der Waals surface area contributed by atoms with Crippen molar-refractivity contribution in [3.8, 4) is 0 Å². The first kappa shape index (κ1) is 16.8. The van der Waals surface area contributed by atoms with Crippen LogP contribution in [0.4, 0.5) is 0 Å². The van der Waals surface area contributed by atoms with Crippen LogP contribution in [0.15, 0.2) is 17.0 Å². The summed E-state index contributed by atoms with van der Waals surface area (Å²) >= 11 is 11.8. The molecular formula is C12H12Cl3NO4S. The summed E-state index contributed by atoms with van der Waals surface area (Å²) < 4.78 is 28.1. The van der Waals surface area contributed by atoms with Crippen molar-refractivity contribution in [2.75, 3.05) is 19.8 Å². The highest BCUT2D eigenvalue weighted by atomic mass is 35.7. The number of benzene rings is 1. The van der Waals surface area contributed by atoms with Gasteiger partial charge in [-0.3, -0.25) is 4.79 Å². The molecule has 1 fully saturated rings. The van der Waals surface area contributed by atoms with Crippen LogP contribution >= 0.6 is 33.9 Å². The molecule has 9 heteroatoms. The van der Waals surface area contributed by atoms with Gasteiger partial charge in [0.25, 0.3) is 15.0 Å². The van der Waals surface area contributed by atoms with Gasteiger partial charge in [-0.1, -0.05) is 23.2 Å². The zero-order valence-corrected chi connectivity index (χ0v) is 13.8. The molecular weight excluding hydrogens is 361 g/mol. The molecule has 0 aliphatic carbocycles. The van der Waals surface area contributed by atoms with E-state index in [2.05, 4.69) is 5.32 Å². The monoisotopic (exact) mass is 371 g/mol. The maximum atomic E-state index is 12.1. The first-order valence-electron chi connectivity index (χ1n) is 6.08. The summed E-state index contributed by atoms with van der Waals surface area (Å²) in [5.74, 6) is -0.265. The van der Waals surface area contributed by atoms with Crippen molar-refractivity contribution in [3.63, 3.8) is 0 Å². The molecule has 1 aromatic rings. The van der Waals surface area contributed by atoms with Crippen LogP contribution in [0.2, 0.25) is 10.0 Å². The van der Waals surface area contributed by atoms with Crippen LogP contribution in [0.5, 0.6) is 0 Å². The van der Waals surface area contributed by atoms with Crippen molar-refractivity contribution >= 4 is 48.8 Å². The molecule has 0 saturated carbocycles. The Morgan fingerprint density at radius 3 is 2.67 bits per heavy atom. The molecule has 1 N–H and O–H groups in total. The molecule has 1 amide bonds. The Bertz CT molecular complexity index is 657. The summed E-state index contributed by atoms with van der Waals surface area (Å²) in [6.07, 6.45) is 0.866. The highest BCUT2D eigenvalue weighted by Crippen LogP contribution is 2.31. The maximum absolute atomic E-state index is 12.1. The first-order valence-corrected chi connectivity index (χ1v) is 9.15. The van der Waals surface area contributed by atoms with E-state index in [-0.39, 0.29) is 26.4 Å². The second kappa shape index (κ2) is 6.71. The Balaban J connectivity index is 2.22. The molecule has 1 aliphatic heterocycles. The number of rotatable bonds is 4. The van der Waals surface area contributed by atoms with E-state index in [9.17, 15) is 13.2 Å². The number of hydrogen-bond donors (Lipinski definition) is 1. The number of halogens is 3. The Labute approximate surface area is 136 Å². The Morgan fingerprint density at radius 2 is 2.10 bits per heavy atom. The largest absolute Gasteiger partial charge is 0.381 e. The van der Waals surface area contributed by atoms with Gasteiger partial charge in [-0.25, -0.2) is 8.42 Å². The molecule has 1 saturated heterocycles. The molecule has 1 atom stereocenters. The van der Waals surface area contributed by atoms with E-state index in [1.54, 1.807) is 0 Å². The van der Waals surface area contributed by atoms with Crippen LogP contribution in [-0.2, 0) is 13.8 Å². The van der Waals surface area contributed by atoms with Crippen LogP contribution in [0.3, 0.4) is 0 Å². The molecule has 1 aromatic carbocycles. The summed E-state index contributed by atoms with van der Waals surface area (Å²) in [5.41, 5.74) is -0.0256. The van der Waals surface area contributed by atoms with Crippen LogP contribution in [0.1, 0.15) is 16.8 Å². The number of amides is 1. The van der Waals surface area contributed by atoms with E-state index in [0.29, 0.717) is 19.8 Å². The van der Waals surface area contributed by atoms with E-state index >= 15 is 0 Å². The van der Waals surface area contributed by atoms with Gasteiger partial charge in [0, 0.05) is 34.8 Å². The molecule has 0 radical (unpaired) electrons. The van der Waals surface area contributed by atoms with Gasteiger partial charge in [0.15, 0.2) is 0 Å². The van der Waals surface area contributed by atoms with Crippen molar-refractivity contribution in [1.82, 2.24) is 5.32 Å². The summed E-state index contributed by atoms with van der Waals surface area (Å²) in [6.45, 7) is 1.68. The van der Waals surface area contributed by atoms with E-state index in [4.69, 9.17) is 38.6 Å². The average molecular weight is 373 g/mol. The lowest BCUT2D eigenvalue weighted by Gasteiger charge is -2.12. The minimum atomic E-state index is -4.09. The van der Waals surface area contributed by atoms with Gasteiger partial charge in [0.2, 0.25) is 0 Å². The number of ether oxygens (including phenoxy) is 1. The summed E-state index contributed by atoms with van der Waals surface area (Å²) in [7, 11) is 1.19. The highest BCUT2D eigenvalue weighted by Gasteiger charge is 2.23. The summed E-state index contributed by atoms with van der Waals surface area (Å²) in [4.78, 5) is 11.7. The molecule has 5 nitrogen and oxygen atoms in total. The number of hydrogen-bond acceptors (Lipinski definition) is 4. The number of nitrogens with one attached hydrogen (secondary N) is 1. The van der Waals surface area contributed by atoms with Gasteiger partial charge in [-0.2, -0.15) is 0 Å². The molecule has 0 bridgehead atoms. The smallest absolute Gasteiger partial charge is 0.262 e. The molecule has 1 aliphatic rings. The second-order valence-electron chi connectivity index (χ2n) is 4.64. The van der Waals surface area contributed by atoms with Gasteiger partial charge in [0.05, 0.1) is 17.2 Å². The molecule has 0 aromatic heterocycles. The number of carbonyl (C=O) groups excluding carboxylic acids is 1. The predicted octanol–water partition coefficient (Wildman–Crippen LogP) is 2.69. The third-order valence-corrected chi connectivity index (χ3v) is 5.17. The van der Waals surface area contributed by atoms with E-state index in [0.717, 1.165) is 12.5 Å². The third-order valence-electron chi connectivity index (χ3n) is 3.09. The fourth-order valence-corrected chi connectivity index (χ4v) is 3.84. The molecule has 1 unspecified atom stereocenters. The topological polar surface area (TPSA) is 72.5 Å². The minimum Gasteiger partial charge on any atom is -0.381 e. The normalized spacial score (nSPS) is 18.7. The van der Waals surface area contributed by atoms with E-state index in [1.165, 1.54) is 6.07 Å². The minimum absolute atomic E-state index is 0.0256. The molecule has 2 rings (SSSR count). The SMILES string of the molecule is O=C(NCC1CCOC1)c1cc(Cl)cc(S(=O)(=O)Cl)c1Cl. The average Bonchev–Trinajstić information content (AvgIpc) is 2.90. The van der Waals surface area contributed by atoms with Gasteiger partial charge in [-0.15, -0.1) is 0 Å². The fraction of sp³-hybridized carbons (Fsp3) is 0.417. The van der Waals surface area contributed by atoms with Crippen molar-refractivity contribution in [1.29, 1.82) is 0 Å². The molecule has 116 valence electrons. The standard InChI is InChI=1S/C12H12Cl3NO4S/c13-8-3-9(11(14)10(4-8)21(15,18)19)12(17)16-5-7-1-2-20-6-7/h3-4,7H,1-2,5-6H2,(H,16,17). The quantitative estimate of drug-likeness (QED) is 0.825. The van der Waals surface area contributed by atoms with Crippen molar-refractivity contribution < 1.29 is 17.9 Å². The highest BCUT2D eigenvalue weighted by molar-refractivity contribution is 8.13. The lowest BCUT2D eigenvalue weighted by Crippen LogP contribution is -2.29. The third kappa shape index (κ3) is 4.23. The molecule has 1 heterocycles. The summed E-state index contributed by atoms with van der Waals surface area (Å²) in [5, 5.41) is 2.51. The number of carbonyl (C=O) groups is 1. The Morgan fingerprint density at radius 1 is 1.38 bits per heavy atom. The van der Waals surface area contributed by atoms with Crippen LogP contribution in [-0.4, -0.2) is 34.1 Å². The molecule has 21 heavy (non-hydrogen) atoms. The summed E-state index contributed by atoms with van der Waals surface area (Å²) in [6, 6.07) is 2.41. The lowest BCUT2D eigenvalue weighted by molar-refractivity contribution is 0.0945. The maximum Gasteiger partial charge on any atom is 0.262 e. The van der Waals surface area contributed by atoms with Crippen molar-refractivity contribution in [2.24, 2.45) is 5.92 Å². The molecule has 0 spiro atoms. The predicted molar refractivity (Wildman–Crippen MR) is 80.8 cm³/mol. The fourth-order valence-electron chi connectivity index (χ4n) is 1.98. The van der Waals surface area contributed by atoms with Gasteiger partial charge in [-0.05, 0) is 18.6 Å². The lowest BCUT2D eigenvalue weighted by atomic mass is 10.1. The second-order valence-corrected chi connectivity index (χ2v) is 7.99. The van der Waals surface area contributed by atoms with Crippen molar-refractivity contribution in [2.45, 2.75) is 11.3 Å². The van der Waals surface area contributed by atoms with Crippen LogP contribution in [0, 0.1) is 5.92 Å². The van der Waals surface area contributed by atoms with Gasteiger partial charge in [0.1, 0.15) is 4.90 Å². The van der Waals surface area contributed by atoms with E-state index < -0.39 is 15.0 Å². The van der Waals surface area contributed by atoms with E-state index in [1.807, 2.05) is 0 Å². The van der Waals surface area contributed by atoms with Gasteiger partial charge < -0.3 is 10.1 Å². The zero-order valence-electron chi connectivity index (χ0n) is 10.7. The Kier molecular flexibility index (Phi) is 5.38. The van der Waals surface area contributed by atoms with Crippen LogP contribution in [0.25, 0.3) is 0 Å².